The van der Waals surface area contributed by atoms with Gasteiger partial charge in [0.1, 0.15) is 0 Å². The molecule has 0 bridgehead atoms. The largest absolute Gasteiger partial charge is 0.465 e. The molecule has 0 aliphatic heterocycles. The van der Waals surface area contributed by atoms with E-state index < -0.39 is 0 Å². The van der Waals surface area contributed by atoms with Crippen LogP contribution in [0.25, 0.3) is 5.70 Å². The highest BCUT2D eigenvalue weighted by Crippen LogP contribution is 2.03. The summed E-state index contributed by atoms with van der Waals surface area (Å²) in [7, 11) is 1.33. The normalized spacial score (nSPS) is 9.50. The van der Waals surface area contributed by atoms with E-state index in [1.54, 1.807) is 13.1 Å². The van der Waals surface area contributed by atoms with Crippen LogP contribution in [-0.4, -0.2) is 22.9 Å². The maximum Gasteiger partial charge on any atom is 0.341 e. The third-order valence-corrected chi connectivity index (χ3v) is 1.39. The Morgan fingerprint density at radius 2 is 2.42 bits per heavy atom. The quantitative estimate of drug-likeness (QED) is 0.619. The summed E-state index contributed by atoms with van der Waals surface area (Å²) in [5.74, 6) is -0.387. The summed E-state index contributed by atoms with van der Waals surface area (Å²) in [4.78, 5) is 10.9. The van der Waals surface area contributed by atoms with E-state index in [1.165, 1.54) is 18.0 Å². The summed E-state index contributed by atoms with van der Waals surface area (Å²) in [6.07, 6.45) is 3.02. The smallest absolute Gasteiger partial charge is 0.341 e. The predicted molar refractivity (Wildman–Crippen MR) is 44.6 cm³/mol. The Morgan fingerprint density at radius 3 is 2.83 bits per heavy atom. The first-order valence-corrected chi connectivity index (χ1v) is 3.44. The van der Waals surface area contributed by atoms with Crippen LogP contribution in [0.15, 0.2) is 19.0 Å². The fourth-order valence-electron chi connectivity index (χ4n) is 0.755. The molecule has 4 nitrogen and oxygen atoms in total. The van der Waals surface area contributed by atoms with Gasteiger partial charge in [0.25, 0.3) is 0 Å². The van der Waals surface area contributed by atoms with Crippen molar-refractivity contribution in [1.29, 1.82) is 0 Å². The predicted octanol–water partition coefficient (Wildman–Crippen LogP) is 1.16. The lowest BCUT2D eigenvalue weighted by molar-refractivity contribution is 0.0601. The molecule has 1 heterocycles. The van der Waals surface area contributed by atoms with E-state index >= 15 is 0 Å². The molecule has 0 aromatic carbocycles. The summed E-state index contributed by atoms with van der Waals surface area (Å²) in [6, 6.07) is 0. The van der Waals surface area contributed by atoms with Gasteiger partial charge in [-0.15, -0.1) is 0 Å². The van der Waals surface area contributed by atoms with Crippen molar-refractivity contribution in [3.63, 3.8) is 0 Å². The van der Waals surface area contributed by atoms with Gasteiger partial charge in [0.2, 0.25) is 0 Å². The molecule has 0 atom stereocenters. The lowest BCUT2D eigenvalue weighted by Gasteiger charge is -1.95. The van der Waals surface area contributed by atoms with Gasteiger partial charge in [-0.25, -0.2) is 9.48 Å². The van der Waals surface area contributed by atoms with Crippen molar-refractivity contribution in [1.82, 2.24) is 9.78 Å². The van der Waals surface area contributed by atoms with Crippen molar-refractivity contribution in [2.75, 3.05) is 7.11 Å². The molecule has 4 heteroatoms. The highest BCUT2D eigenvalue weighted by atomic mass is 16.5. The molecule has 1 aromatic heterocycles. The molecule has 0 amide bonds. The van der Waals surface area contributed by atoms with Gasteiger partial charge in [-0.1, -0.05) is 6.58 Å². The maximum absolute atomic E-state index is 10.9. The minimum Gasteiger partial charge on any atom is -0.465 e. The molecule has 0 saturated heterocycles. The summed E-state index contributed by atoms with van der Waals surface area (Å²) < 4.78 is 6.03. The maximum atomic E-state index is 10.9. The lowest BCUT2D eigenvalue weighted by Crippen LogP contribution is -1.99. The number of ether oxygens (including phenoxy) is 1. The van der Waals surface area contributed by atoms with Crippen LogP contribution in [0.5, 0.6) is 0 Å². The van der Waals surface area contributed by atoms with Crippen LogP contribution >= 0.6 is 0 Å². The van der Waals surface area contributed by atoms with E-state index in [4.69, 9.17) is 0 Å². The third-order valence-electron chi connectivity index (χ3n) is 1.39. The van der Waals surface area contributed by atoms with Gasteiger partial charge in [-0.05, 0) is 6.92 Å². The molecule has 0 fully saturated rings. The Labute approximate surface area is 70.4 Å². The van der Waals surface area contributed by atoms with Crippen molar-refractivity contribution in [3.8, 4) is 0 Å². The van der Waals surface area contributed by atoms with Crippen LogP contribution in [0.1, 0.15) is 17.3 Å². The van der Waals surface area contributed by atoms with Crippen LogP contribution < -0.4 is 0 Å². The number of carbonyl (C=O) groups excluding carboxylic acids is 1. The first kappa shape index (κ1) is 8.52. The van der Waals surface area contributed by atoms with Gasteiger partial charge in [-0.3, -0.25) is 0 Å². The Morgan fingerprint density at radius 1 is 1.75 bits per heavy atom. The van der Waals surface area contributed by atoms with Crippen molar-refractivity contribution in [3.05, 3.63) is 24.5 Å². The molecule has 0 aliphatic rings. The Hall–Kier alpha value is -1.58. The van der Waals surface area contributed by atoms with Crippen LogP contribution in [0.3, 0.4) is 0 Å². The number of rotatable bonds is 2. The third kappa shape index (κ3) is 1.53. The number of carbonyl (C=O) groups is 1. The van der Waals surface area contributed by atoms with Crippen molar-refractivity contribution >= 4 is 11.7 Å². The first-order valence-electron chi connectivity index (χ1n) is 3.44. The van der Waals surface area contributed by atoms with E-state index in [1.807, 2.05) is 0 Å². The molecule has 64 valence electrons. The van der Waals surface area contributed by atoms with E-state index in [9.17, 15) is 4.79 Å². The average Bonchev–Trinajstić information content (AvgIpc) is 2.51. The van der Waals surface area contributed by atoms with Crippen molar-refractivity contribution < 1.29 is 9.53 Å². The molecular weight excluding hydrogens is 156 g/mol. The molecular formula is C8H10N2O2. The monoisotopic (exact) mass is 166 g/mol. The van der Waals surface area contributed by atoms with Crippen LogP contribution in [0.4, 0.5) is 0 Å². The summed E-state index contributed by atoms with van der Waals surface area (Å²) in [5.41, 5.74) is 1.19. The second kappa shape index (κ2) is 3.21. The Kier molecular flexibility index (Phi) is 2.28. The average molecular weight is 166 g/mol. The molecule has 12 heavy (non-hydrogen) atoms. The van der Waals surface area contributed by atoms with Crippen LogP contribution in [0, 0.1) is 0 Å². The molecule has 0 N–H and O–H groups in total. The summed E-state index contributed by atoms with van der Waals surface area (Å²) in [6.45, 7) is 5.47. The second-order valence-electron chi connectivity index (χ2n) is 2.40. The van der Waals surface area contributed by atoms with Crippen molar-refractivity contribution in [2.45, 2.75) is 6.92 Å². The van der Waals surface area contributed by atoms with E-state index in [2.05, 4.69) is 16.4 Å². The topological polar surface area (TPSA) is 44.1 Å². The highest BCUT2D eigenvalue weighted by molar-refractivity contribution is 5.88. The fraction of sp³-hybridized carbons (Fsp3) is 0.250. The SMILES string of the molecule is C=C(C)n1cc(C(=O)OC)cn1. The minimum atomic E-state index is -0.387. The Balaban J connectivity index is 2.91. The number of aromatic nitrogens is 2. The van der Waals surface area contributed by atoms with Gasteiger partial charge >= 0.3 is 5.97 Å². The van der Waals surface area contributed by atoms with E-state index in [-0.39, 0.29) is 5.97 Å². The molecule has 0 saturated carbocycles. The molecule has 1 aromatic rings. The molecule has 0 radical (unpaired) electrons. The number of hydrogen-bond acceptors (Lipinski definition) is 3. The second-order valence-corrected chi connectivity index (χ2v) is 2.40. The molecule has 0 unspecified atom stereocenters. The highest BCUT2D eigenvalue weighted by Gasteiger charge is 2.07. The number of methoxy groups -OCH3 is 1. The van der Waals surface area contributed by atoms with Gasteiger partial charge < -0.3 is 4.74 Å². The van der Waals surface area contributed by atoms with Crippen LogP contribution in [-0.2, 0) is 4.74 Å². The first-order chi connectivity index (χ1) is 5.65. The van der Waals surface area contributed by atoms with Crippen molar-refractivity contribution in [2.24, 2.45) is 0 Å². The summed E-state index contributed by atoms with van der Waals surface area (Å²) in [5, 5.41) is 3.90. The molecule has 1 rings (SSSR count). The Bertz CT molecular complexity index is 315. The van der Waals surface area contributed by atoms with Gasteiger partial charge in [0, 0.05) is 11.9 Å². The number of nitrogens with zero attached hydrogens (tertiary/aromatic N) is 2. The zero-order valence-electron chi connectivity index (χ0n) is 7.07. The van der Waals surface area contributed by atoms with E-state index in [0.717, 1.165) is 5.70 Å². The van der Waals surface area contributed by atoms with Gasteiger partial charge in [0.15, 0.2) is 0 Å². The van der Waals surface area contributed by atoms with E-state index in [0.29, 0.717) is 5.56 Å². The number of esters is 1. The zero-order valence-corrected chi connectivity index (χ0v) is 7.07. The lowest BCUT2D eigenvalue weighted by atomic mass is 10.4. The standard InChI is InChI=1S/C8H10N2O2/c1-6(2)10-5-7(4-9-10)8(11)12-3/h4-5H,1H2,2-3H3. The zero-order chi connectivity index (χ0) is 9.14. The number of hydrogen-bond donors (Lipinski definition) is 0. The molecule has 0 aliphatic carbocycles. The minimum absolute atomic E-state index is 0.387. The number of allylic oxidation sites excluding steroid dienone is 1. The molecule has 0 spiro atoms. The van der Waals surface area contributed by atoms with Crippen LogP contribution in [0.2, 0.25) is 0 Å². The fourth-order valence-corrected chi connectivity index (χ4v) is 0.755. The van der Waals surface area contributed by atoms with Gasteiger partial charge in [-0.2, -0.15) is 5.10 Å². The summed E-state index contributed by atoms with van der Waals surface area (Å²) >= 11 is 0. The van der Waals surface area contributed by atoms with Gasteiger partial charge in [0.05, 0.1) is 18.9 Å².